The Morgan fingerprint density at radius 1 is 1.00 bits per heavy atom. The summed E-state index contributed by atoms with van der Waals surface area (Å²) >= 11 is 2.95. The molecular formula is C16H14NOSe. The van der Waals surface area contributed by atoms with E-state index in [0.717, 1.165) is 15.7 Å². The molecule has 2 rings (SSSR count). The molecular weight excluding hydrogens is 301 g/mol. The standard InChI is InChI=1S/C16H14NOSe/c1-12(18)15(13-8-4-2-5-9-13)17-16(19)14-10-6-3-7-11-14/h2-11,15H,1H3. The van der Waals surface area contributed by atoms with E-state index in [4.69, 9.17) is 0 Å². The predicted molar refractivity (Wildman–Crippen MR) is 78.6 cm³/mol. The van der Waals surface area contributed by atoms with E-state index < -0.39 is 6.04 Å². The summed E-state index contributed by atoms with van der Waals surface area (Å²) in [4.78, 5) is 16.3. The van der Waals surface area contributed by atoms with E-state index in [1.165, 1.54) is 0 Å². The fraction of sp³-hybridized carbons (Fsp3) is 0.125. The van der Waals surface area contributed by atoms with Gasteiger partial charge in [0.25, 0.3) is 0 Å². The Kier molecular flexibility index (Phi) is 4.67. The second kappa shape index (κ2) is 6.46. The Morgan fingerprint density at radius 3 is 2.05 bits per heavy atom. The summed E-state index contributed by atoms with van der Waals surface area (Å²) in [6.45, 7) is 1.57. The molecule has 3 heteroatoms. The Bertz CT molecular complexity index is 578. The molecule has 2 nitrogen and oxygen atoms in total. The van der Waals surface area contributed by atoms with Gasteiger partial charge in [0, 0.05) is 0 Å². The van der Waals surface area contributed by atoms with Crippen molar-refractivity contribution in [3.05, 3.63) is 71.8 Å². The number of carbonyl (C=O) groups excluding carboxylic acids is 1. The molecule has 0 bridgehead atoms. The van der Waals surface area contributed by atoms with E-state index in [-0.39, 0.29) is 5.78 Å². The molecule has 0 fully saturated rings. The van der Waals surface area contributed by atoms with Crippen LogP contribution in [-0.4, -0.2) is 26.4 Å². The predicted octanol–water partition coefficient (Wildman–Crippen LogP) is 2.93. The first kappa shape index (κ1) is 13.7. The zero-order valence-corrected chi connectivity index (χ0v) is 12.3. The van der Waals surface area contributed by atoms with Crippen LogP contribution in [0.2, 0.25) is 0 Å². The van der Waals surface area contributed by atoms with Crippen molar-refractivity contribution in [2.45, 2.75) is 13.0 Å². The molecule has 0 saturated heterocycles. The quantitative estimate of drug-likeness (QED) is 0.630. The van der Waals surface area contributed by atoms with E-state index >= 15 is 0 Å². The topological polar surface area (TPSA) is 29.4 Å². The number of hydrogen-bond donors (Lipinski definition) is 0. The molecule has 0 heterocycles. The fourth-order valence-corrected chi connectivity index (χ4v) is 2.31. The van der Waals surface area contributed by atoms with Crippen molar-refractivity contribution in [2.75, 3.05) is 0 Å². The Hall–Kier alpha value is -1.70. The summed E-state index contributed by atoms with van der Waals surface area (Å²) in [7, 11) is 0. The van der Waals surface area contributed by atoms with Crippen LogP contribution in [0.15, 0.2) is 65.7 Å². The second-order valence-corrected chi connectivity index (χ2v) is 5.04. The molecule has 2 aromatic rings. The molecule has 0 aromatic heterocycles. The van der Waals surface area contributed by atoms with Crippen LogP contribution in [-0.2, 0) is 4.79 Å². The van der Waals surface area contributed by atoms with Crippen molar-refractivity contribution >= 4 is 26.4 Å². The van der Waals surface area contributed by atoms with Gasteiger partial charge in [-0.25, -0.2) is 0 Å². The molecule has 19 heavy (non-hydrogen) atoms. The molecule has 0 N–H and O–H groups in total. The maximum absolute atomic E-state index is 11.8. The SMILES string of the molecule is CC(=O)C(N=C([Se])c1ccccc1)c1ccccc1. The monoisotopic (exact) mass is 316 g/mol. The Morgan fingerprint density at radius 2 is 1.53 bits per heavy atom. The second-order valence-electron chi connectivity index (χ2n) is 4.22. The summed E-state index contributed by atoms with van der Waals surface area (Å²) in [6.07, 6.45) is 0. The van der Waals surface area contributed by atoms with Crippen molar-refractivity contribution in [3.63, 3.8) is 0 Å². The van der Waals surface area contributed by atoms with Gasteiger partial charge in [-0.3, -0.25) is 0 Å². The van der Waals surface area contributed by atoms with Crippen LogP contribution in [0.1, 0.15) is 24.1 Å². The van der Waals surface area contributed by atoms with E-state index in [0.29, 0.717) is 0 Å². The van der Waals surface area contributed by atoms with Crippen molar-refractivity contribution in [3.8, 4) is 0 Å². The van der Waals surface area contributed by atoms with Gasteiger partial charge in [-0.2, -0.15) is 0 Å². The van der Waals surface area contributed by atoms with Crippen molar-refractivity contribution in [1.82, 2.24) is 0 Å². The molecule has 0 aliphatic heterocycles. The Balaban J connectivity index is 2.34. The van der Waals surface area contributed by atoms with E-state index in [1.54, 1.807) is 6.92 Å². The third-order valence-corrected chi connectivity index (χ3v) is 3.48. The number of benzene rings is 2. The van der Waals surface area contributed by atoms with Crippen LogP contribution in [0.4, 0.5) is 0 Å². The van der Waals surface area contributed by atoms with Crippen LogP contribution in [0.3, 0.4) is 0 Å². The van der Waals surface area contributed by atoms with E-state index in [2.05, 4.69) is 21.0 Å². The van der Waals surface area contributed by atoms with Crippen LogP contribution in [0.25, 0.3) is 0 Å². The number of hydrogen-bond acceptors (Lipinski definition) is 2. The average molecular weight is 315 g/mol. The molecule has 0 saturated carbocycles. The molecule has 1 radical (unpaired) electrons. The minimum atomic E-state index is -0.447. The van der Waals surface area contributed by atoms with Gasteiger partial charge < -0.3 is 0 Å². The van der Waals surface area contributed by atoms with Crippen molar-refractivity contribution in [1.29, 1.82) is 0 Å². The van der Waals surface area contributed by atoms with Gasteiger partial charge >= 0.3 is 121 Å². The number of Topliss-reactive ketones (excluding diaryl/α,β-unsaturated/α-hetero) is 1. The summed E-state index contributed by atoms with van der Waals surface area (Å²) in [5, 5.41) is 0. The number of rotatable bonds is 4. The maximum atomic E-state index is 11.8. The van der Waals surface area contributed by atoms with E-state index in [1.807, 2.05) is 60.7 Å². The van der Waals surface area contributed by atoms with Gasteiger partial charge in [0.05, 0.1) is 0 Å². The molecule has 1 unspecified atom stereocenters. The minimum absolute atomic E-state index is 0.0369. The van der Waals surface area contributed by atoms with Gasteiger partial charge in [0.2, 0.25) is 0 Å². The molecule has 2 aromatic carbocycles. The number of ketones is 1. The first-order valence-corrected chi connectivity index (χ1v) is 6.90. The van der Waals surface area contributed by atoms with Gasteiger partial charge in [0.15, 0.2) is 0 Å². The molecule has 0 spiro atoms. The number of aliphatic imine (C=N–C) groups is 1. The average Bonchev–Trinajstić information content (AvgIpc) is 2.46. The summed E-state index contributed by atoms with van der Waals surface area (Å²) in [5.74, 6) is 0.0369. The molecule has 95 valence electrons. The first-order chi connectivity index (χ1) is 9.18. The molecule has 1 atom stereocenters. The fourth-order valence-electron chi connectivity index (χ4n) is 1.81. The van der Waals surface area contributed by atoms with E-state index in [9.17, 15) is 4.79 Å². The Labute approximate surface area is 121 Å². The zero-order valence-electron chi connectivity index (χ0n) is 10.6. The van der Waals surface area contributed by atoms with Crippen LogP contribution in [0, 0.1) is 0 Å². The normalized spacial score (nSPS) is 13.0. The third kappa shape index (κ3) is 3.63. The molecule has 0 amide bonds. The van der Waals surface area contributed by atoms with Crippen molar-refractivity contribution in [2.24, 2.45) is 4.99 Å². The van der Waals surface area contributed by atoms with Crippen LogP contribution < -0.4 is 0 Å². The number of carbonyl (C=O) groups is 1. The zero-order chi connectivity index (χ0) is 13.7. The van der Waals surface area contributed by atoms with Crippen LogP contribution >= 0.6 is 0 Å². The first-order valence-electron chi connectivity index (χ1n) is 6.04. The van der Waals surface area contributed by atoms with Crippen molar-refractivity contribution < 1.29 is 4.79 Å². The van der Waals surface area contributed by atoms with Gasteiger partial charge in [-0.15, -0.1) is 0 Å². The van der Waals surface area contributed by atoms with Crippen LogP contribution in [0.5, 0.6) is 0 Å². The van der Waals surface area contributed by atoms with Gasteiger partial charge in [-0.1, -0.05) is 0 Å². The molecule has 0 aliphatic carbocycles. The summed E-state index contributed by atoms with van der Waals surface area (Å²) < 4.78 is 0.754. The van der Waals surface area contributed by atoms with Gasteiger partial charge in [0.1, 0.15) is 0 Å². The number of nitrogens with zero attached hydrogens (tertiary/aromatic N) is 1. The summed E-state index contributed by atoms with van der Waals surface area (Å²) in [6, 6.07) is 19.0. The molecule has 0 aliphatic rings. The van der Waals surface area contributed by atoms with Gasteiger partial charge in [-0.05, 0) is 0 Å². The third-order valence-electron chi connectivity index (χ3n) is 2.77. The summed E-state index contributed by atoms with van der Waals surface area (Å²) in [5.41, 5.74) is 1.91.